The predicted molar refractivity (Wildman–Crippen MR) is 138 cm³/mol. The van der Waals surface area contributed by atoms with E-state index in [9.17, 15) is 0 Å². The van der Waals surface area contributed by atoms with Crippen molar-refractivity contribution in [3.05, 3.63) is 77.2 Å². The van der Waals surface area contributed by atoms with Crippen LogP contribution >= 0.6 is 11.8 Å². The molecular weight excluding hydrogens is 412 g/mol. The van der Waals surface area contributed by atoms with Gasteiger partial charge in [-0.25, -0.2) is 4.98 Å². The maximum Gasteiger partial charge on any atom is 0.225 e. The molecule has 4 rings (SSSR count). The SMILES string of the molecule is CCCC(CC)Nc1nc(NCc2ccccc2SC2=CCCC=C2)nc2ccccc12. The molecule has 0 amide bonds. The van der Waals surface area contributed by atoms with Gasteiger partial charge in [-0.1, -0.05) is 80.6 Å². The van der Waals surface area contributed by atoms with Crippen LogP contribution in [0.5, 0.6) is 0 Å². The molecular formula is C27H32N4S. The number of thioether (sulfide) groups is 1. The van der Waals surface area contributed by atoms with Crippen LogP contribution in [0, 0.1) is 0 Å². The average molecular weight is 445 g/mol. The highest BCUT2D eigenvalue weighted by Crippen LogP contribution is 2.33. The van der Waals surface area contributed by atoms with E-state index in [0.717, 1.165) is 48.8 Å². The highest BCUT2D eigenvalue weighted by molar-refractivity contribution is 8.03. The van der Waals surface area contributed by atoms with E-state index >= 15 is 0 Å². The first-order chi connectivity index (χ1) is 15.8. The molecule has 0 radical (unpaired) electrons. The van der Waals surface area contributed by atoms with Crippen LogP contribution in [-0.4, -0.2) is 16.0 Å². The van der Waals surface area contributed by atoms with Crippen molar-refractivity contribution in [2.45, 2.75) is 63.4 Å². The summed E-state index contributed by atoms with van der Waals surface area (Å²) in [6.07, 6.45) is 12.4. The molecule has 1 heterocycles. The third-order valence-electron chi connectivity index (χ3n) is 5.67. The van der Waals surface area contributed by atoms with Crippen molar-refractivity contribution in [1.82, 2.24) is 9.97 Å². The summed E-state index contributed by atoms with van der Waals surface area (Å²) in [6, 6.07) is 17.2. The van der Waals surface area contributed by atoms with Gasteiger partial charge in [-0.05, 0) is 49.4 Å². The molecule has 3 aromatic rings. The van der Waals surface area contributed by atoms with Crippen molar-refractivity contribution >= 4 is 34.4 Å². The van der Waals surface area contributed by atoms with Crippen molar-refractivity contribution < 1.29 is 0 Å². The summed E-state index contributed by atoms with van der Waals surface area (Å²) < 4.78 is 0. The van der Waals surface area contributed by atoms with E-state index in [1.165, 1.54) is 15.4 Å². The lowest BCUT2D eigenvalue weighted by Gasteiger charge is -2.19. The zero-order valence-electron chi connectivity index (χ0n) is 19.0. The molecule has 4 nitrogen and oxygen atoms in total. The number of hydrogen-bond acceptors (Lipinski definition) is 5. The van der Waals surface area contributed by atoms with Crippen molar-refractivity contribution in [2.75, 3.05) is 10.6 Å². The van der Waals surface area contributed by atoms with Crippen LogP contribution < -0.4 is 10.6 Å². The Hall–Kier alpha value is -2.79. The molecule has 2 N–H and O–H groups in total. The molecule has 1 aromatic heterocycles. The van der Waals surface area contributed by atoms with E-state index in [4.69, 9.17) is 9.97 Å². The molecule has 0 bridgehead atoms. The van der Waals surface area contributed by atoms with Gasteiger partial charge in [0.15, 0.2) is 0 Å². The minimum Gasteiger partial charge on any atom is -0.367 e. The number of fused-ring (bicyclic) bond motifs is 1. The van der Waals surface area contributed by atoms with Gasteiger partial charge in [0.25, 0.3) is 0 Å². The van der Waals surface area contributed by atoms with Crippen LogP contribution in [0.3, 0.4) is 0 Å². The molecule has 1 unspecified atom stereocenters. The van der Waals surface area contributed by atoms with Gasteiger partial charge in [-0.2, -0.15) is 4.98 Å². The van der Waals surface area contributed by atoms with Gasteiger partial charge in [0, 0.05) is 27.8 Å². The van der Waals surface area contributed by atoms with Crippen LogP contribution in [0.4, 0.5) is 11.8 Å². The molecule has 166 valence electrons. The molecule has 1 aliphatic rings. The summed E-state index contributed by atoms with van der Waals surface area (Å²) in [6.45, 7) is 5.13. The normalized spacial score (nSPS) is 14.2. The maximum absolute atomic E-state index is 4.87. The quantitative estimate of drug-likeness (QED) is 0.338. The van der Waals surface area contributed by atoms with Crippen LogP contribution in [0.25, 0.3) is 10.9 Å². The topological polar surface area (TPSA) is 49.8 Å². The first-order valence-electron chi connectivity index (χ1n) is 11.7. The van der Waals surface area contributed by atoms with E-state index in [-0.39, 0.29) is 0 Å². The Bertz CT molecular complexity index is 1110. The zero-order valence-corrected chi connectivity index (χ0v) is 19.8. The molecule has 0 saturated heterocycles. The lowest BCUT2D eigenvalue weighted by Crippen LogP contribution is -2.19. The summed E-state index contributed by atoms with van der Waals surface area (Å²) >= 11 is 1.83. The average Bonchev–Trinajstić information content (AvgIpc) is 2.84. The number of hydrogen-bond donors (Lipinski definition) is 2. The number of benzene rings is 2. The Morgan fingerprint density at radius 3 is 2.66 bits per heavy atom. The fraction of sp³-hybridized carbons (Fsp3) is 0.333. The second-order valence-electron chi connectivity index (χ2n) is 8.10. The number of nitrogens with one attached hydrogen (secondary N) is 2. The summed E-state index contributed by atoms with van der Waals surface area (Å²) in [5, 5.41) is 8.22. The molecule has 0 saturated carbocycles. The van der Waals surface area contributed by atoms with Crippen LogP contribution in [0.15, 0.2) is 76.6 Å². The first-order valence-corrected chi connectivity index (χ1v) is 12.5. The van der Waals surface area contributed by atoms with E-state index < -0.39 is 0 Å². The van der Waals surface area contributed by atoms with Crippen LogP contribution in [-0.2, 0) is 6.54 Å². The number of allylic oxidation sites excluding steroid dienone is 3. The van der Waals surface area contributed by atoms with E-state index in [1.54, 1.807) is 0 Å². The van der Waals surface area contributed by atoms with Gasteiger partial charge in [-0.15, -0.1) is 0 Å². The van der Waals surface area contributed by atoms with Gasteiger partial charge < -0.3 is 10.6 Å². The smallest absolute Gasteiger partial charge is 0.225 e. The maximum atomic E-state index is 4.87. The minimum atomic E-state index is 0.417. The number of nitrogens with zero attached hydrogens (tertiary/aromatic N) is 2. The minimum absolute atomic E-state index is 0.417. The summed E-state index contributed by atoms with van der Waals surface area (Å²) in [5.41, 5.74) is 2.21. The molecule has 1 atom stereocenters. The Labute approximate surface area is 195 Å². The Kier molecular flexibility index (Phi) is 7.83. The molecule has 32 heavy (non-hydrogen) atoms. The van der Waals surface area contributed by atoms with Gasteiger partial charge in [-0.3, -0.25) is 0 Å². The van der Waals surface area contributed by atoms with Gasteiger partial charge in [0.1, 0.15) is 5.82 Å². The van der Waals surface area contributed by atoms with Gasteiger partial charge in [0.05, 0.1) is 5.52 Å². The third-order valence-corrected chi connectivity index (χ3v) is 6.83. The zero-order chi connectivity index (χ0) is 22.2. The number of rotatable bonds is 10. The van der Waals surface area contributed by atoms with E-state index in [0.29, 0.717) is 18.5 Å². The molecule has 1 aliphatic carbocycles. The standard InChI is InChI=1S/C27H32N4S/c1-3-12-21(4-2)29-26-23-16-9-10-17-24(23)30-27(31-26)28-19-20-13-8-11-18-25(20)32-22-14-6-5-7-15-22/h6,8-11,13-18,21H,3-5,7,12,19H2,1-2H3,(H2,28,29,30,31). The monoisotopic (exact) mass is 444 g/mol. The lowest BCUT2D eigenvalue weighted by atomic mass is 10.1. The van der Waals surface area contributed by atoms with Crippen molar-refractivity contribution in [1.29, 1.82) is 0 Å². The molecule has 5 heteroatoms. The van der Waals surface area contributed by atoms with Gasteiger partial charge >= 0.3 is 0 Å². The van der Waals surface area contributed by atoms with Crippen molar-refractivity contribution in [2.24, 2.45) is 0 Å². The highest BCUT2D eigenvalue weighted by Gasteiger charge is 2.12. The predicted octanol–water partition coefficient (Wildman–Crippen LogP) is 7.56. The lowest BCUT2D eigenvalue weighted by molar-refractivity contribution is 0.621. The van der Waals surface area contributed by atoms with Crippen molar-refractivity contribution in [3.63, 3.8) is 0 Å². The number of aromatic nitrogens is 2. The fourth-order valence-electron chi connectivity index (χ4n) is 3.90. The van der Waals surface area contributed by atoms with Crippen LogP contribution in [0.1, 0.15) is 51.5 Å². The van der Waals surface area contributed by atoms with E-state index in [2.05, 4.69) is 79.1 Å². The Morgan fingerprint density at radius 2 is 1.84 bits per heavy atom. The van der Waals surface area contributed by atoms with Crippen molar-refractivity contribution in [3.8, 4) is 0 Å². The first kappa shape index (κ1) is 22.4. The highest BCUT2D eigenvalue weighted by atomic mass is 32.2. The Balaban J connectivity index is 1.55. The summed E-state index contributed by atoms with van der Waals surface area (Å²) in [4.78, 5) is 12.2. The Morgan fingerprint density at radius 1 is 1.00 bits per heavy atom. The fourth-order valence-corrected chi connectivity index (χ4v) is 4.94. The van der Waals surface area contributed by atoms with Crippen LogP contribution in [0.2, 0.25) is 0 Å². The molecule has 0 aliphatic heterocycles. The third kappa shape index (κ3) is 5.71. The van der Waals surface area contributed by atoms with E-state index in [1.807, 2.05) is 23.9 Å². The molecule has 2 aromatic carbocycles. The molecule has 0 fully saturated rings. The summed E-state index contributed by atoms with van der Waals surface area (Å²) in [7, 11) is 0. The largest absolute Gasteiger partial charge is 0.367 e. The summed E-state index contributed by atoms with van der Waals surface area (Å²) in [5.74, 6) is 1.58. The number of para-hydroxylation sites is 1. The molecule has 0 spiro atoms. The second-order valence-corrected chi connectivity index (χ2v) is 9.22. The number of anilines is 2. The van der Waals surface area contributed by atoms with Gasteiger partial charge in [0.2, 0.25) is 5.95 Å². The second kappa shape index (κ2) is 11.2.